The molecule has 0 aliphatic heterocycles. The van der Waals surface area contributed by atoms with Gasteiger partial charge in [0.1, 0.15) is 0 Å². The van der Waals surface area contributed by atoms with Crippen molar-refractivity contribution in [2.75, 3.05) is 0 Å². The Morgan fingerprint density at radius 1 is 1.46 bits per heavy atom. The molecule has 1 aliphatic carbocycles. The van der Waals surface area contributed by atoms with E-state index in [2.05, 4.69) is 24.0 Å². The second-order valence-electron chi connectivity index (χ2n) is 4.07. The molecule has 0 spiro atoms. The third-order valence-corrected chi connectivity index (χ3v) is 2.50. The molecule has 1 aliphatic rings. The predicted molar refractivity (Wildman–Crippen MR) is 48.3 cm³/mol. The van der Waals surface area contributed by atoms with Crippen LogP contribution >= 0.6 is 0 Å². The molecular weight excluding hydrogens is 166 g/mol. The van der Waals surface area contributed by atoms with Crippen LogP contribution in [0.4, 0.5) is 0 Å². The van der Waals surface area contributed by atoms with Crippen LogP contribution < -0.4 is 5.73 Å². The number of aromatic nitrogens is 2. The Labute approximate surface area is 77.5 Å². The van der Waals surface area contributed by atoms with E-state index < -0.39 is 0 Å². The van der Waals surface area contributed by atoms with E-state index in [1.165, 1.54) is 0 Å². The number of hydrogen-bond donors (Lipinski definition) is 1. The quantitative estimate of drug-likeness (QED) is 0.749. The molecule has 2 rings (SSSR count). The molecule has 0 aromatic carbocycles. The Morgan fingerprint density at radius 2 is 2.15 bits per heavy atom. The summed E-state index contributed by atoms with van der Waals surface area (Å²) >= 11 is 0. The predicted octanol–water partition coefficient (Wildman–Crippen LogP) is 1.40. The van der Waals surface area contributed by atoms with E-state index in [0.717, 1.165) is 24.6 Å². The van der Waals surface area contributed by atoms with E-state index in [4.69, 9.17) is 10.3 Å². The van der Waals surface area contributed by atoms with Gasteiger partial charge in [-0.15, -0.1) is 0 Å². The summed E-state index contributed by atoms with van der Waals surface area (Å²) in [5.41, 5.74) is 5.68. The lowest BCUT2D eigenvalue weighted by Gasteiger charge is -2.28. The lowest BCUT2D eigenvalue weighted by molar-refractivity contribution is 0.264. The molecule has 0 saturated heterocycles. The van der Waals surface area contributed by atoms with E-state index in [9.17, 15) is 0 Å². The van der Waals surface area contributed by atoms with Gasteiger partial charge in [0.25, 0.3) is 0 Å². The molecule has 1 aromatic heterocycles. The monoisotopic (exact) mass is 181 g/mol. The molecule has 72 valence electrons. The van der Waals surface area contributed by atoms with Gasteiger partial charge in [0.2, 0.25) is 5.89 Å². The van der Waals surface area contributed by atoms with Gasteiger partial charge in [0.05, 0.1) is 0 Å². The molecule has 0 radical (unpaired) electrons. The third kappa shape index (κ3) is 1.58. The highest BCUT2D eigenvalue weighted by molar-refractivity contribution is 5.03. The zero-order chi connectivity index (χ0) is 9.42. The van der Waals surface area contributed by atoms with Gasteiger partial charge in [0.15, 0.2) is 5.82 Å². The molecular formula is C9H15N3O. The van der Waals surface area contributed by atoms with Gasteiger partial charge in [-0.25, -0.2) is 0 Å². The molecule has 4 heteroatoms. The average molecular weight is 181 g/mol. The van der Waals surface area contributed by atoms with Crippen LogP contribution in [0.5, 0.6) is 0 Å². The summed E-state index contributed by atoms with van der Waals surface area (Å²) in [5, 5.41) is 3.92. The number of nitrogens with two attached hydrogens (primary N) is 1. The smallest absolute Gasteiger partial charge is 0.229 e. The fourth-order valence-corrected chi connectivity index (χ4v) is 1.51. The Kier molecular flexibility index (Phi) is 2.07. The summed E-state index contributed by atoms with van der Waals surface area (Å²) in [6.07, 6.45) is 1.97. The second-order valence-corrected chi connectivity index (χ2v) is 4.07. The first-order chi connectivity index (χ1) is 6.16. The molecule has 0 unspecified atom stereocenters. The van der Waals surface area contributed by atoms with Crippen molar-refractivity contribution in [3.8, 4) is 0 Å². The Hall–Kier alpha value is -0.900. The highest BCUT2D eigenvalue weighted by atomic mass is 16.5. The molecule has 1 saturated carbocycles. The summed E-state index contributed by atoms with van der Waals surface area (Å²) in [6.45, 7) is 4.11. The van der Waals surface area contributed by atoms with Gasteiger partial charge >= 0.3 is 0 Å². The Morgan fingerprint density at radius 3 is 2.62 bits per heavy atom. The zero-order valence-electron chi connectivity index (χ0n) is 8.03. The first-order valence-electron chi connectivity index (χ1n) is 4.76. The van der Waals surface area contributed by atoms with Crippen molar-refractivity contribution in [3.63, 3.8) is 0 Å². The van der Waals surface area contributed by atoms with E-state index in [1.54, 1.807) is 0 Å². The van der Waals surface area contributed by atoms with Crippen molar-refractivity contribution in [2.24, 2.45) is 5.73 Å². The molecule has 0 bridgehead atoms. The van der Waals surface area contributed by atoms with Crippen LogP contribution in [0.3, 0.4) is 0 Å². The summed E-state index contributed by atoms with van der Waals surface area (Å²) in [7, 11) is 0. The fourth-order valence-electron chi connectivity index (χ4n) is 1.51. The SMILES string of the molecule is CC(C)c1noc(C2CC(N)C2)n1. The van der Waals surface area contributed by atoms with Crippen LogP contribution in [0.25, 0.3) is 0 Å². The molecule has 2 N–H and O–H groups in total. The van der Waals surface area contributed by atoms with Crippen LogP contribution in [0.15, 0.2) is 4.52 Å². The molecule has 1 fully saturated rings. The maximum atomic E-state index is 5.68. The normalized spacial score (nSPS) is 27.7. The lowest BCUT2D eigenvalue weighted by Crippen LogP contribution is -2.34. The molecule has 0 atom stereocenters. The van der Waals surface area contributed by atoms with Crippen LogP contribution in [0, 0.1) is 0 Å². The molecule has 1 heterocycles. The summed E-state index contributed by atoms with van der Waals surface area (Å²) < 4.78 is 5.16. The highest BCUT2D eigenvalue weighted by Gasteiger charge is 2.31. The van der Waals surface area contributed by atoms with E-state index >= 15 is 0 Å². The van der Waals surface area contributed by atoms with Gasteiger partial charge in [-0.3, -0.25) is 0 Å². The van der Waals surface area contributed by atoms with Crippen molar-refractivity contribution in [3.05, 3.63) is 11.7 Å². The number of rotatable bonds is 2. The summed E-state index contributed by atoms with van der Waals surface area (Å²) in [4.78, 5) is 4.33. The van der Waals surface area contributed by atoms with Crippen LogP contribution in [-0.2, 0) is 0 Å². The minimum atomic E-state index is 0.333. The van der Waals surface area contributed by atoms with Crippen molar-refractivity contribution in [1.82, 2.24) is 10.1 Å². The average Bonchev–Trinajstić information content (AvgIpc) is 2.46. The minimum Gasteiger partial charge on any atom is -0.339 e. The Balaban J connectivity index is 2.06. The third-order valence-electron chi connectivity index (χ3n) is 2.50. The van der Waals surface area contributed by atoms with Crippen LogP contribution in [0.2, 0.25) is 0 Å². The van der Waals surface area contributed by atoms with Crippen molar-refractivity contribution in [1.29, 1.82) is 0 Å². The zero-order valence-corrected chi connectivity index (χ0v) is 8.03. The Bertz CT molecular complexity index is 289. The van der Waals surface area contributed by atoms with Crippen molar-refractivity contribution >= 4 is 0 Å². The standard InChI is InChI=1S/C9H15N3O/c1-5(2)8-11-9(13-12-8)6-3-7(10)4-6/h5-7H,3-4,10H2,1-2H3. The van der Waals surface area contributed by atoms with Gasteiger partial charge < -0.3 is 10.3 Å². The van der Waals surface area contributed by atoms with Gasteiger partial charge in [-0.2, -0.15) is 4.98 Å². The van der Waals surface area contributed by atoms with Crippen LogP contribution in [-0.4, -0.2) is 16.2 Å². The van der Waals surface area contributed by atoms with Crippen LogP contribution in [0.1, 0.15) is 50.2 Å². The molecule has 0 amide bonds. The second kappa shape index (κ2) is 3.10. The number of nitrogens with zero attached hydrogens (tertiary/aromatic N) is 2. The topological polar surface area (TPSA) is 64.9 Å². The van der Waals surface area contributed by atoms with Crippen molar-refractivity contribution in [2.45, 2.75) is 44.6 Å². The van der Waals surface area contributed by atoms with E-state index in [1.807, 2.05) is 0 Å². The largest absolute Gasteiger partial charge is 0.339 e. The number of hydrogen-bond acceptors (Lipinski definition) is 4. The van der Waals surface area contributed by atoms with Gasteiger partial charge in [-0.05, 0) is 12.8 Å². The first-order valence-corrected chi connectivity index (χ1v) is 4.76. The maximum Gasteiger partial charge on any atom is 0.229 e. The summed E-state index contributed by atoms with van der Waals surface area (Å²) in [5.74, 6) is 2.32. The fraction of sp³-hybridized carbons (Fsp3) is 0.778. The van der Waals surface area contributed by atoms with Crippen molar-refractivity contribution < 1.29 is 4.52 Å². The minimum absolute atomic E-state index is 0.333. The summed E-state index contributed by atoms with van der Waals surface area (Å²) in [6, 6.07) is 0.333. The molecule has 1 aromatic rings. The first kappa shape index (κ1) is 8.69. The van der Waals surface area contributed by atoms with E-state index in [0.29, 0.717) is 17.9 Å². The van der Waals surface area contributed by atoms with E-state index in [-0.39, 0.29) is 0 Å². The van der Waals surface area contributed by atoms with Gasteiger partial charge in [-0.1, -0.05) is 19.0 Å². The highest BCUT2D eigenvalue weighted by Crippen LogP contribution is 2.34. The molecule has 13 heavy (non-hydrogen) atoms. The lowest BCUT2D eigenvalue weighted by atomic mass is 9.81. The maximum absolute atomic E-state index is 5.68. The van der Waals surface area contributed by atoms with Gasteiger partial charge in [0, 0.05) is 17.9 Å². The molecule has 4 nitrogen and oxygen atoms in total.